The number of pyridine rings is 2. The fourth-order valence-electron chi connectivity index (χ4n) is 2.66. The summed E-state index contributed by atoms with van der Waals surface area (Å²) in [7, 11) is 0. The van der Waals surface area contributed by atoms with Crippen molar-refractivity contribution in [2.24, 2.45) is 10.9 Å². The Bertz CT molecular complexity index is 713. The van der Waals surface area contributed by atoms with Gasteiger partial charge < -0.3 is 10.1 Å². The molecule has 0 amide bonds. The van der Waals surface area contributed by atoms with Gasteiger partial charge in [-0.1, -0.05) is 11.6 Å². The highest BCUT2D eigenvalue weighted by molar-refractivity contribution is 6.29. The average molecular weight is 331 g/mol. The molecule has 6 heteroatoms. The summed E-state index contributed by atoms with van der Waals surface area (Å²) in [6, 6.07) is 5.48. The van der Waals surface area contributed by atoms with Crippen LogP contribution < -0.4 is 0 Å². The van der Waals surface area contributed by atoms with Crippen molar-refractivity contribution >= 4 is 35.1 Å². The Hall–Kier alpha value is -1.85. The van der Waals surface area contributed by atoms with Crippen molar-refractivity contribution in [2.45, 2.75) is 18.8 Å². The minimum Gasteiger partial charge on any atom is -0.381 e. The zero-order valence-corrected chi connectivity index (χ0v) is 13.5. The third kappa shape index (κ3) is 4.12. The molecular weight excluding hydrogens is 312 g/mol. The molecule has 0 aromatic carbocycles. The van der Waals surface area contributed by atoms with Gasteiger partial charge in [0.1, 0.15) is 5.15 Å². The number of nitrogens with zero attached hydrogens (tertiary/aromatic N) is 3. The van der Waals surface area contributed by atoms with Gasteiger partial charge in [-0.15, -0.1) is 0 Å². The van der Waals surface area contributed by atoms with Gasteiger partial charge in [-0.2, -0.15) is 0 Å². The lowest BCUT2D eigenvalue weighted by molar-refractivity contribution is 0.0690. The lowest BCUT2D eigenvalue weighted by atomic mass is 10.00. The van der Waals surface area contributed by atoms with E-state index >= 15 is 0 Å². The van der Waals surface area contributed by atoms with Crippen molar-refractivity contribution in [3.05, 3.63) is 35.1 Å². The minimum atomic E-state index is -0.187. The van der Waals surface area contributed by atoms with Crippen LogP contribution in [-0.2, 0) is 4.74 Å². The van der Waals surface area contributed by atoms with Gasteiger partial charge in [0.05, 0.1) is 17.0 Å². The molecule has 0 bridgehead atoms. The van der Waals surface area contributed by atoms with Crippen LogP contribution in [0, 0.1) is 11.3 Å². The molecule has 3 rings (SSSR count). The van der Waals surface area contributed by atoms with Crippen molar-refractivity contribution < 1.29 is 4.74 Å². The van der Waals surface area contributed by atoms with Gasteiger partial charge >= 0.3 is 0 Å². The monoisotopic (exact) mass is 330 g/mol. The van der Waals surface area contributed by atoms with Gasteiger partial charge in [0.25, 0.3) is 0 Å². The lowest BCUT2D eigenvalue weighted by Gasteiger charge is -2.20. The topological polar surface area (TPSA) is 71.2 Å². The van der Waals surface area contributed by atoms with Gasteiger partial charge in [0.2, 0.25) is 0 Å². The largest absolute Gasteiger partial charge is 0.381 e. The molecule has 2 aromatic rings. The zero-order valence-electron chi connectivity index (χ0n) is 12.8. The third-order valence-corrected chi connectivity index (χ3v) is 4.27. The van der Waals surface area contributed by atoms with Gasteiger partial charge in [-0.25, -0.2) is 4.98 Å². The van der Waals surface area contributed by atoms with E-state index in [9.17, 15) is 0 Å². The van der Waals surface area contributed by atoms with Crippen LogP contribution in [0.1, 0.15) is 24.3 Å². The van der Waals surface area contributed by atoms with E-state index in [1.54, 1.807) is 12.3 Å². The van der Waals surface area contributed by atoms with E-state index < -0.39 is 0 Å². The highest BCUT2D eigenvalue weighted by atomic mass is 35.5. The molecule has 1 atom stereocenters. The molecule has 1 aliphatic heterocycles. The minimum absolute atomic E-state index is 0.187. The SMILES string of the molecule is N=CC(C=NCC1CCOCC1)c1cnc2ccc(Cl)nc2c1. The normalized spacial score (nSPS) is 17.6. The predicted molar refractivity (Wildman–Crippen MR) is 93.0 cm³/mol. The first-order valence-corrected chi connectivity index (χ1v) is 8.14. The smallest absolute Gasteiger partial charge is 0.129 e. The Balaban J connectivity index is 1.73. The first kappa shape index (κ1) is 16.0. The molecule has 120 valence electrons. The third-order valence-electron chi connectivity index (χ3n) is 4.06. The maximum Gasteiger partial charge on any atom is 0.129 e. The Kier molecular flexibility index (Phi) is 5.31. The van der Waals surface area contributed by atoms with Crippen LogP contribution in [0.4, 0.5) is 0 Å². The van der Waals surface area contributed by atoms with Crippen molar-refractivity contribution in [3.8, 4) is 0 Å². The van der Waals surface area contributed by atoms with Gasteiger partial charge in [-0.3, -0.25) is 9.98 Å². The van der Waals surface area contributed by atoms with Crippen LogP contribution in [0.2, 0.25) is 5.15 Å². The molecule has 0 radical (unpaired) electrons. The fourth-order valence-corrected chi connectivity index (χ4v) is 2.81. The zero-order chi connectivity index (χ0) is 16.1. The first-order valence-electron chi connectivity index (χ1n) is 7.77. The molecule has 1 saturated heterocycles. The van der Waals surface area contributed by atoms with Crippen LogP contribution in [0.3, 0.4) is 0 Å². The van der Waals surface area contributed by atoms with Crippen LogP contribution in [-0.4, -0.2) is 42.2 Å². The van der Waals surface area contributed by atoms with E-state index in [1.165, 1.54) is 6.21 Å². The fraction of sp³-hybridized carbons (Fsp3) is 0.412. The Morgan fingerprint density at radius 2 is 2.17 bits per heavy atom. The molecule has 5 nitrogen and oxygen atoms in total. The molecule has 1 fully saturated rings. The molecule has 23 heavy (non-hydrogen) atoms. The standard InChI is InChI=1S/C17H19ClN4O/c18-17-2-1-15-16(22-17)7-13(11-21-15)14(8-19)10-20-9-12-3-5-23-6-4-12/h1-2,7-8,10-12,14,19H,3-6,9H2. The van der Waals surface area contributed by atoms with Gasteiger partial charge in [0, 0.05) is 38.4 Å². The summed E-state index contributed by atoms with van der Waals surface area (Å²) < 4.78 is 5.35. The van der Waals surface area contributed by atoms with Crippen molar-refractivity contribution in [1.29, 1.82) is 5.41 Å². The highest BCUT2D eigenvalue weighted by Gasteiger charge is 2.13. The quantitative estimate of drug-likeness (QED) is 0.673. The van der Waals surface area contributed by atoms with Crippen LogP contribution in [0.25, 0.3) is 11.0 Å². The van der Waals surface area contributed by atoms with Crippen molar-refractivity contribution in [3.63, 3.8) is 0 Å². The number of ether oxygens (including phenoxy) is 1. The van der Waals surface area contributed by atoms with Gasteiger partial charge in [0.15, 0.2) is 0 Å². The maximum atomic E-state index is 7.66. The number of hydrogen-bond donors (Lipinski definition) is 1. The van der Waals surface area contributed by atoms with Gasteiger partial charge in [-0.05, 0) is 42.5 Å². The summed E-state index contributed by atoms with van der Waals surface area (Å²) in [4.78, 5) is 13.2. The molecular formula is C17H19ClN4O. The number of fused-ring (bicyclic) bond motifs is 1. The summed E-state index contributed by atoms with van der Waals surface area (Å²) in [5, 5.41) is 8.10. The molecule has 1 unspecified atom stereocenters. The average Bonchev–Trinajstić information content (AvgIpc) is 2.59. The molecule has 1 aliphatic rings. The van der Waals surface area contributed by atoms with E-state index in [0.29, 0.717) is 11.1 Å². The number of aromatic nitrogens is 2. The Morgan fingerprint density at radius 3 is 2.96 bits per heavy atom. The summed E-state index contributed by atoms with van der Waals surface area (Å²) in [5.41, 5.74) is 2.43. The maximum absolute atomic E-state index is 7.66. The van der Waals surface area contributed by atoms with Crippen LogP contribution in [0.5, 0.6) is 0 Å². The molecule has 1 N–H and O–H groups in total. The molecule has 3 heterocycles. The number of hydrogen-bond acceptors (Lipinski definition) is 5. The second-order valence-electron chi connectivity index (χ2n) is 5.70. The summed E-state index contributed by atoms with van der Waals surface area (Å²) in [6.07, 6.45) is 7.10. The number of aliphatic imine (C=N–C) groups is 1. The van der Waals surface area contributed by atoms with E-state index in [1.807, 2.05) is 18.3 Å². The molecule has 0 spiro atoms. The summed E-state index contributed by atoms with van der Waals surface area (Å²) in [6.45, 7) is 2.45. The Labute approximate surface area is 140 Å². The summed E-state index contributed by atoms with van der Waals surface area (Å²) >= 11 is 5.93. The second kappa shape index (κ2) is 7.62. The number of nitrogens with one attached hydrogen (secondary N) is 1. The summed E-state index contributed by atoms with van der Waals surface area (Å²) in [5.74, 6) is 0.397. The van der Waals surface area contributed by atoms with E-state index in [-0.39, 0.29) is 5.92 Å². The van der Waals surface area contributed by atoms with Crippen molar-refractivity contribution in [2.75, 3.05) is 19.8 Å². The number of halogens is 1. The lowest BCUT2D eigenvalue weighted by Crippen LogP contribution is -2.18. The van der Waals surface area contributed by atoms with E-state index in [4.69, 9.17) is 21.7 Å². The van der Waals surface area contributed by atoms with E-state index in [0.717, 1.165) is 49.2 Å². The van der Waals surface area contributed by atoms with Crippen molar-refractivity contribution in [1.82, 2.24) is 9.97 Å². The number of rotatable bonds is 5. The predicted octanol–water partition coefficient (Wildman–Crippen LogP) is 3.51. The van der Waals surface area contributed by atoms with Crippen LogP contribution >= 0.6 is 11.6 Å². The molecule has 2 aromatic heterocycles. The second-order valence-corrected chi connectivity index (χ2v) is 6.09. The van der Waals surface area contributed by atoms with Crippen LogP contribution in [0.15, 0.2) is 29.4 Å². The molecule has 0 saturated carbocycles. The molecule has 0 aliphatic carbocycles. The Morgan fingerprint density at radius 1 is 1.35 bits per heavy atom. The van der Waals surface area contributed by atoms with E-state index in [2.05, 4.69) is 15.0 Å². The highest BCUT2D eigenvalue weighted by Crippen LogP contribution is 2.19. The first-order chi connectivity index (χ1) is 11.3.